The summed E-state index contributed by atoms with van der Waals surface area (Å²) in [6.45, 7) is 1.97. The topological polar surface area (TPSA) is 50.4 Å². The summed E-state index contributed by atoms with van der Waals surface area (Å²) in [5.41, 5.74) is 2.95. The molecule has 0 atom stereocenters. The van der Waals surface area contributed by atoms with E-state index < -0.39 is 0 Å². The minimum atomic E-state index is -0.222. The van der Waals surface area contributed by atoms with Crippen molar-refractivity contribution in [3.8, 4) is 5.75 Å². The van der Waals surface area contributed by atoms with Crippen molar-refractivity contribution < 1.29 is 9.53 Å². The Morgan fingerprint density at radius 3 is 2.57 bits per heavy atom. The summed E-state index contributed by atoms with van der Waals surface area (Å²) in [6.07, 6.45) is 0. The smallest absolute Gasteiger partial charge is 0.257 e. The standard InChI is InChI=1S/C16H17ClN2O2/c1-10-4-6-12(13(8-10)18-2)16(20)19-14-9-11(17)5-7-15(14)21-3/h4-9,18H,1-3H3,(H,19,20). The van der Waals surface area contributed by atoms with Crippen molar-refractivity contribution in [2.24, 2.45) is 0 Å². The van der Waals surface area contributed by atoms with E-state index >= 15 is 0 Å². The third-order valence-corrected chi connectivity index (χ3v) is 3.33. The molecule has 4 nitrogen and oxygen atoms in total. The van der Waals surface area contributed by atoms with Crippen LogP contribution in [0.4, 0.5) is 11.4 Å². The maximum absolute atomic E-state index is 12.4. The van der Waals surface area contributed by atoms with Crippen LogP contribution in [-0.2, 0) is 0 Å². The zero-order valence-corrected chi connectivity index (χ0v) is 12.9. The van der Waals surface area contributed by atoms with E-state index in [-0.39, 0.29) is 5.91 Å². The van der Waals surface area contributed by atoms with Crippen LogP contribution in [0.3, 0.4) is 0 Å². The number of ether oxygens (including phenoxy) is 1. The summed E-state index contributed by atoms with van der Waals surface area (Å²) in [5.74, 6) is 0.339. The monoisotopic (exact) mass is 304 g/mol. The molecule has 5 heteroatoms. The number of amides is 1. The van der Waals surface area contributed by atoms with Crippen molar-refractivity contribution >= 4 is 28.9 Å². The Morgan fingerprint density at radius 2 is 1.90 bits per heavy atom. The number of rotatable bonds is 4. The minimum absolute atomic E-state index is 0.222. The predicted molar refractivity (Wildman–Crippen MR) is 86.7 cm³/mol. The summed E-state index contributed by atoms with van der Waals surface area (Å²) < 4.78 is 5.22. The van der Waals surface area contributed by atoms with E-state index in [9.17, 15) is 4.79 Å². The number of methoxy groups -OCH3 is 1. The van der Waals surface area contributed by atoms with Crippen LogP contribution in [0.1, 0.15) is 15.9 Å². The highest BCUT2D eigenvalue weighted by Crippen LogP contribution is 2.29. The summed E-state index contributed by atoms with van der Waals surface area (Å²) >= 11 is 5.96. The molecule has 110 valence electrons. The van der Waals surface area contributed by atoms with Crippen molar-refractivity contribution in [1.29, 1.82) is 0 Å². The fourth-order valence-electron chi connectivity index (χ4n) is 2.03. The highest BCUT2D eigenvalue weighted by atomic mass is 35.5. The van der Waals surface area contributed by atoms with Crippen LogP contribution in [0, 0.1) is 6.92 Å². The van der Waals surface area contributed by atoms with Crippen LogP contribution in [0.5, 0.6) is 5.75 Å². The van der Waals surface area contributed by atoms with Gasteiger partial charge >= 0.3 is 0 Å². The zero-order valence-electron chi connectivity index (χ0n) is 12.2. The van der Waals surface area contributed by atoms with Gasteiger partial charge in [0.2, 0.25) is 0 Å². The molecule has 2 rings (SSSR count). The largest absolute Gasteiger partial charge is 0.495 e. The van der Waals surface area contributed by atoms with Crippen LogP contribution in [0.25, 0.3) is 0 Å². The Balaban J connectivity index is 2.32. The highest BCUT2D eigenvalue weighted by Gasteiger charge is 2.13. The molecule has 0 aliphatic rings. The second-order valence-electron chi connectivity index (χ2n) is 4.60. The first-order valence-corrected chi connectivity index (χ1v) is 6.86. The lowest BCUT2D eigenvalue weighted by atomic mass is 10.1. The molecule has 2 aromatic carbocycles. The minimum Gasteiger partial charge on any atom is -0.495 e. The van der Waals surface area contributed by atoms with Gasteiger partial charge in [0.05, 0.1) is 18.4 Å². The Labute approximate surface area is 129 Å². The van der Waals surface area contributed by atoms with Gasteiger partial charge in [0.15, 0.2) is 0 Å². The van der Waals surface area contributed by atoms with E-state index in [1.165, 1.54) is 0 Å². The molecule has 0 fully saturated rings. The van der Waals surface area contributed by atoms with E-state index in [2.05, 4.69) is 10.6 Å². The number of hydrogen-bond donors (Lipinski definition) is 2. The normalized spacial score (nSPS) is 10.1. The highest BCUT2D eigenvalue weighted by molar-refractivity contribution is 6.31. The lowest BCUT2D eigenvalue weighted by Gasteiger charge is -2.13. The van der Waals surface area contributed by atoms with Gasteiger partial charge in [0, 0.05) is 17.8 Å². The zero-order chi connectivity index (χ0) is 15.4. The number of halogens is 1. The number of hydrogen-bond acceptors (Lipinski definition) is 3. The van der Waals surface area contributed by atoms with E-state index in [4.69, 9.17) is 16.3 Å². The molecule has 0 bridgehead atoms. The van der Waals surface area contributed by atoms with Crippen LogP contribution < -0.4 is 15.4 Å². The van der Waals surface area contributed by atoms with Crippen LogP contribution in [-0.4, -0.2) is 20.1 Å². The quantitative estimate of drug-likeness (QED) is 0.899. The van der Waals surface area contributed by atoms with Gasteiger partial charge in [-0.15, -0.1) is 0 Å². The molecule has 0 saturated heterocycles. The van der Waals surface area contributed by atoms with Crippen LogP contribution >= 0.6 is 11.6 Å². The predicted octanol–water partition coefficient (Wildman–Crippen LogP) is 3.95. The number of nitrogens with one attached hydrogen (secondary N) is 2. The summed E-state index contributed by atoms with van der Waals surface area (Å²) in [7, 11) is 3.33. The van der Waals surface area contributed by atoms with Gasteiger partial charge in [-0.2, -0.15) is 0 Å². The van der Waals surface area contributed by atoms with Gasteiger partial charge in [-0.05, 0) is 42.8 Å². The molecule has 0 spiro atoms. The summed E-state index contributed by atoms with van der Waals surface area (Å²) in [4.78, 5) is 12.4. The van der Waals surface area contributed by atoms with E-state index in [1.54, 1.807) is 38.4 Å². The Kier molecular flexibility index (Phi) is 4.70. The number of carbonyl (C=O) groups is 1. The van der Waals surface area contributed by atoms with Gasteiger partial charge in [-0.1, -0.05) is 17.7 Å². The Hall–Kier alpha value is -2.20. The van der Waals surface area contributed by atoms with Crippen molar-refractivity contribution in [1.82, 2.24) is 0 Å². The first-order valence-electron chi connectivity index (χ1n) is 6.48. The molecule has 0 saturated carbocycles. The van der Waals surface area contributed by atoms with Crippen LogP contribution in [0.15, 0.2) is 36.4 Å². The molecule has 0 aliphatic carbocycles. The van der Waals surface area contributed by atoms with Gasteiger partial charge in [0.1, 0.15) is 5.75 Å². The summed E-state index contributed by atoms with van der Waals surface area (Å²) in [6, 6.07) is 10.7. The van der Waals surface area contributed by atoms with Gasteiger partial charge in [-0.3, -0.25) is 4.79 Å². The molecule has 21 heavy (non-hydrogen) atoms. The second-order valence-corrected chi connectivity index (χ2v) is 5.03. The fraction of sp³-hybridized carbons (Fsp3) is 0.188. The molecule has 0 unspecified atom stereocenters. The van der Waals surface area contributed by atoms with E-state index in [1.807, 2.05) is 19.1 Å². The molecule has 0 heterocycles. The molecule has 0 radical (unpaired) electrons. The third-order valence-electron chi connectivity index (χ3n) is 3.10. The number of benzene rings is 2. The van der Waals surface area contributed by atoms with Gasteiger partial charge in [0.25, 0.3) is 5.91 Å². The molecular weight excluding hydrogens is 288 g/mol. The molecule has 1 amide bonds. The van der Waals surface area contributed by atoms with E-state index in [0.29, 0.717) is 22.0 Å². The number of aryl methyl sites for hydroxylation is 1. The van der Waals surface area contributed by atoms with E-state index in [0.717, 1.165) is 11.3 Å². The average molecular weight is 305 g/mol. The number of carbonyl (C=O) groups excluding carboxylic acids is 1. The molecule has 0 aliphatic heterocycles. The third kappa shape index (κ3) is 3.47. The Morgan fingerprint density at radius 1 is 1.14 bits per heavy atom. The number of anilines is 2. The summed E-state index contributed by atoms with van der Waals surface area (Å²) in [5, 5.41) is 6.38. The lowest BCUT2D eigenvalue weighted by molar-refractivity contribution is 0.102. The van der Waals surface area contributed by atoms with Crippen molar-refractivity contribution in [2.45, 2.75) is 6.92 Å². The molecular formula is C16H17ClN2O2. The molecule has 0 aromatic heterocycles. The maximum Gasteiger partial charge on any atom is 0.257 e. The fourth-order valence-corrected chi connectivity index (χ4v) is 2.20. The van der Waals surface area contributed by atoms with Gasteiger partial charge in [-0.25, -0.2) is 0 Å². The van der Waals surface area contributed by atoms with Crippen LogP contribution in [0.2, 0.25) is 5.02 Å². The first kappa shape index (κ1) is 15.2. The average Bonchev–Trinajstić information content (AvgIpc) is 2.47. The Bertz CT molecular complexity index is 671. The van der Waals surface area contributed by atoms with Gasteiger partial charge < -0.3 is 15.4 Å². The lowest BCUT2D eigenvalue weighted by Crippen LogP contribution is -2.14. The van der Waals surface area contributed by atoms with Crippen molar-refractivity contribution in [2.75, 3.05) is 24.8 Å². The SMILES string of the molecule is CNc1cc(C)ccc1C(=O)Nc1cc(Cl)ccc1OC. The first-order chi connectivity index (χ1) is 10.0. The van der Waals surface area contributed by atoms with Crippen molar-refractivity contribution in [3.05, 3.63) is 52.5 Å². The molecule has 2 N–H and O–H groups in total. The van der Waals surface area contributed by atoms with Crippen molar-refractivity contribution in [3.63, 3.8) is 0 Å². The molecule has 2 aromatic rings. The second kappa shape index (κ2) is 6.50. The maximum atomic E-state index is 12.4.